The number of halogens is 2. The molecule has 1 aliphatic rings. The van der Waals surface area contributed by atoms with Gasteiger partial charge in [0.15, 0.2) is 5.96 Å². The van der Waals surface area contributed by atoms with Gasteiger partial charge in [0, 0.05) is 45.0 Å². The number of aromatic nitrogens is 1. The number of hydrogen-bond donors (Lipinski definition) is 2. The minimum absolute atomic E-state index is 0. The van der Waals surface area contributed by atoms with Crippen molar-refractivity contribution in [2.75, 3.05) is 49.9 Å². The molecule has 2 rings (SSSR count). The van der Waals surface area contributed by atoms with E-state index in [0.29, 0.717) is 30.6 Å². The van der Waals surface area contributed by atoms with Crippen molar-refractivity contribution in [2.24, 2.45) is 4.99 Å². The van der Waals surface area contributed by atoms with E-state index in [4.69, 9.17) is 11.6 Å². The van der Waals surface area contributed by atoms with E-state index in [-0.39, 0.29) is 42.3 Å². The highest BCUT2D eigenvalue weighted by molar-refractivity contribution is 14.0. The maximum Gasteiger partial charge on any atom is 0.215 e. The first-order valence-electron chi connectivity index (χ1n) is 9.79. The van der Waals surface area contributed by atoms with E-state index in [1.807, 2.05) is 32.9 Å². The van der Waals surface area contributed by atoms with Crippen LogP contribution in [0, 0.1) is 0 Å². The van der Waals surface area contributed by atoms with Crippen molar-refractivity contribution in [3.8, 4) is 0 Å². The molecule has 166 valence electrons. The van der Waals surface area contributed by atoms with Crippen molar-refractivity contribution in [2.45, 2.75) is 33.2 Å². The van der Waals surface area contributed by atoms with Crippen LogP contribution in [0.5, 0.6) is 0 Å². The largest absolute Gasteiger partial charge is 0.357 e. The number of aliphatic imine (C=N–C) groups is 1. The molecule has 0 bridgehead atoms. The van der Waals surface area contributed by atoms with Gasteiger partial charge in [0.1, 0.15) is 5.82 Å². The highest BCUT2D eigenvalue weighted by Gasteiger charge is 2.25. The maximum absolute atomic E-state index is 12.3. The first-order chi connectivity index (χ1) is 13.4. The molecule has 1 fully saturated rings. The average Bonchev–Trinajstić information content (AvgIpc) is 3.11. The van der Waals surface area contributed by atoms with E-state index >= 15 is 0 Å². The van der Waals surface area contributed by atoms with Crippen molar-refractivity contribution in [1.82, 2.24) is 19.9 Å². The number of anilines is 1. The maximum atomic E-state index is 12.3. The van der Waals surface area contributed by atoms with Gasteiger partial charge < -0.3 is 15.5 Å². The lowest BCUT2D eigenvalue weighted by molar-refractivity contribution is 0.445. The fourth-order valence-electron chi connectivity index (χ4n) is 3.21. The SMILES string of the molecule is CCNC(=NCCS(=O)(=O)N(CC)CC)NC1CCN(c2ncccc2Cl)C1.I. The summed E-state index contributed by atoms with van der Waals surface area (Å²) < 4.78 is 26.1. The third kappa shape index (κ3) is 7.72. The lowest BCUT2D eigenvalue weighted by atomic mass is 10.3. The number of nitrogens with one attached hydrogen (secondary N) is 2. The summed E-state index contributed by atoms with van der Waals surface area (Å²) in [5, 5.41) is 7.23. The summed E-state index contributed by atoms with van der Waals surface area (Å²) >= 11 is 6.25. The second kappa shape index (κ2) is 12.8. The van der Waals surface area contributed by atoms with E-state index in [1.165, 1.54) is 4.31 Å². The summed E-state index contributed by atoms with van der Waals surface area (Å²) in [6, 6.07) is 3.85. The van der Waals surface area contributed by atoms with Crippen LogP contribution in [0.15, 0.2) is 23.3 Å². The fraction of sp³-hybridized carbons (Fsp3) is 0.667. The van der Waals surface area contributed by atoms with Crippen molar-refractivity contribution in [3.05, 3.63) is 23.4 Å². The van der Waals surface area contributed by atoms with Gasteiger partial charge in [-0.3, -0.25) is 4.99 Å². The Balaban J connectivity index is 0.00000420. The van der Waals surface area contributed by atoms with Gasteiger partial charge in [-0.25, -0.2) is 17.7 Å². The molecule has 2 heterocycles. The van der Waals surface area contributed by atoms with Crippen molar-refractivity contribution < 1.29 is 8.42 Å². The quantitative estimate of drug-likeness (QED) is 0.274. The second-order valence-corrected chi connectivity index (χ2v) is 9.04. The van der Waals surface area contributed by atoms with E-state index in [1.54, 1.807) is 6.20 Å². The number of sulfonamides is 1. The molecule has 1 atom stereocenters. The summed E-state index contributed by atoms with van der Waals surface area (Å²) in [6.45, 7) is 9.17. The molecule has 1 unspecified atom stereocenters. The highest BCUT2D eigenvalue weighted by Crippen LogP contribution is 2.25. The molecular formula is C18H32ClIN6O2S. The molecule has 1 aromatic rings. The third-order valence-electron chi connectivity index (χ3n) is 4.63. The molecule has 0 saturated carbocycles. The average molecular weight is 559 g/mol. The first-order valence-corrected chi connectivity index (χ1v) is 11.8. The molecule has 0 radical (unpaired) electrons. The summed E-state index contributed by atoms with van der Waals surface area (Å²) in [7, 11) is -3.27. The van der Waals surface area contributed by atoms with E-state index in [9.17, 15) is 8.42 Å². The summed E-state index contributed by atoms with van der Waals surface area (Å²) in [5.41, 5.74) is 0. The van der Waals surface area contributed by atoms with Crippen molar-refractivity contribution in [1.29, 1.82) is 0 Å². The van der Waals surface area contributed by atoms with E-state index < -0.39 is 10.0 Å². The monoisotopic (exact) mass is 558 g/mol. The molecule has 0 aromatic carbocycles. The van der Waals surface area contributed by atoms with Crippen LogP contribution in [0.1, 0.15) is 27.2 Å². The lowest BCUT2D eigenvalue weighted by Gasteiger charge is -2.20. The number of nitrogens with zero attached hydrogens (tertiary/aromatic N) is 4. The Morgan fingerprint density at radius 1 is 1.38 bits per heavy atom. The Bertz CT molecular complexity index is 760. The molecule has 1 saturated heterocycles. The zero-order chi connectivity index (χ0) is 20.6. The first kappa shape index (κ1) is 26.2. The second-order valence-electron chi connectivity index (χ2n) is 6.55. The Labute approximate surface area is 196 Å². The molecule has 0 amide bonds. The van der Waals surface area contributed by atoms with Gasteiger partial charge in [0.05, 0.1) is 17.3 Å². The molecule has 2 N–H and O–H groups in total. The van der Waals surface area contributed by atoms with Gasteiger partial charge >= 0.3 is 0 Å². The summed E-state index contributed by atoms with van der Waals surface area (Å²) in [5.74, 6) is 1.43. The third-order valence-corrected chi connectivity index (χ3v) is 6.93. The predicted molar refractivity (Wildman–Crippen MR) is 131 cm³/mol. The Kier molecular flexibility index (Phi) is 11.5. The summed E-state index contributed by atoms with van der Waals surface area (Å²) in [6.07, 6.45) is 2.67. The van der Waals surface area contributed by atoms with Crippen LogP contribution in [0.3, 0.4) is 0 Å². The molecule has 0 spiro atoms. The molecule has 11 heteroatoms. The smallest absolute Gasteiger partial charge is 0.215 e. The van der Waals surface area contributed by atoms with Crippen LogP contribution < -0.4 is 15.5 Å². The van der Waals surface area contributed by atoms with Crippen LogP contribution >= 0.6 is 35.6 Å². The minimum atomic E-state index is -3.27. The van der Waals surface area contributed by atoms with E-state index in [0.717, 1.165) is 25.3 Å². The van der Waals surface area contributed by atoms with Crippen LogP contribution in [-0.4, -0.2) is 74.7 Å². The molecular weight excluding hydrogens is 527 g/mol. The fourth-order valence-corrected chi connectivity index (χ4v) is 4.82. The van der Waals surface area contributed by atoms with Crippen LogP contribution in [0.2, 0.25) is 5.02 Å². The van der Waals surface area contributed by atoms with Gasteiger partial charge in [0.25, 0.3) is 0 Å². The highest BCUT2D eigenvalue weighted by atomic mass is 127. The lowest BCUT2D eigenvalue weighted by Crippen LogP contribution is -2.45. The topological polar surface area (TPSA) is 89.9 Å². The van der Waals surface area contributed by atoms with Crippen LogP contribution in [0.25, 0.3) is 0 Å². The Morgan fingerprint density at radius 3 is 2.72 bits per heavy atom. The zero-order valence-corrected chi connectivity index (χ0v) is 21.2. The van der Waals surface area contributed by atoms with Gasteiger partial charge in [-0.1, -0.05) is 25.4 Å². The number of rotatable bonds is 9. The van der Waals surface area contributed by atoms with Crippen LogP contribution in [0.4, 0.5) is 5.82 Å². The molecule has 29 heavy (non-hydrogen) atoms. The van der Waals surface area contributed by atoms with Gasteiger partial charge in [0.2, 0.25) is 10.0 Å². The number of guanidine groups is 1. The van der Waals surface area contributed by atoms with E-state index in [2.05, 4.69) is 25.5 Å². The predicted octanol–water partition coefficient (Wildman–Crippen LogP) is 2.16. The number of hydrogen-bond acceptors (Lipinski definition) is 5. The summed E-state index contributed by atoms with van der Waals surface area (Å²) in [4.78, 5) is 11.0. The van der Waals surface area contributed by atoms with Gasteiger partial charge in [-0.15, -0.1) is 24.0 Å². The number of pyridine rings is 1. The van der Waals surface area contributed by atoms with Gasteiger partial charge in [-0.2, -0.15) is 0 Å². The molecule has 8 nitrogen and oxygen atoms in total. The Hall–Kier alpha value is -0.850. The molecule has 1 aromatic heterocycles. The van der Waals surface area contributed by atoms with Gasteiger partial charge in [-0.05, 0) is 25.5 Å². The van der Waals surface area contributed by atoms with Crippen molar-refractivity contribution >= 4 is 57.4 Å². The zero-order valence-electron chi connectivity index (χ0n) is 17.3. The molecule has 0 aliphatic carbocycles. The Morgan fingerprint density at radius 2 is 2.10 bits per heavy atom. The molecule has 1 aliphatic heterocycles. The van der Waals surface area contributed by atoms with Crippen molar-refractivity contribution in [3.63, 3.8) is 0 Å². The minimum Gasteiger partial charge on any atom is -0.357 e. The van der Waals surface area contributed by atoms with Crippen LogP contribution in [-0.2, 0) is 10.0 Å². The normalized spacial score (nSPS) is 17.3. The standard InChI is InChI=1S/C18H31ClN6O2S.HI/c1-4-20-18(22-11-13-28(26,27)25(5-2)6-3)23-15-9-12-24(14-15)17-16(19)8-7-10-21-17;/h7-8,10,15H,4-6,9,11-14H2,1-3H3,(H2,20,22,23);1H.